The van der Waals surface area contributed by atoms with Crippen molar-refractivity contribution in [2.45, 2.75) is 32.4 Å². The Morgan fingerprint density at radius 3 is 1.85 bits per heavy atom. The molecule has 0 aromatic carbocycles. The molecule has 0 aromatic rings. The van der Waals surface area contributed by atoms with Crippen LogP contribution in [0.4, 0.5) is 8.78 Å². The molecule has 0 unspecified atom stereocenters. The molecule has 0 bridgehead atoms. The Labute approximate surface area is 115 Å². The van der Waals surface area contributed by atoms with Crippen LogP contribution in [0.1, 0.15) is 27.2 Å². The van der Waals surface area contributed by atoms with Gasteiger partial charge in [0.25, 0.3) is 0 Å². The van der Waals surface area contributed by atoms with E-state index in [4.69, 9.17) is 4.55 Å². The van der Waals surface area contributed by atoms with Crippen molar-refractivity contribution >= 4 is 22.1 Å². The number of alkyl halides is 2. The minimum atomic E-state index is -5.90. The van der Waals surface area contributed by atoms with Gasteiger partial charge in [0.1, 0.15) is 13.2 Å². The van der Waals surface area contributed by atoms with E-state index in [9.17, 15) is 26.8 Å². The molecule has 0 aromatic heterocycles. The fourth-order valence-corrected chi connectivity index (χ4v) is 1.07. The number of rotatable bonds is 7. The third kappa shape index (κ3) is 4.67. The third-order valence-electron chi connectivity index (χ3n) is 2.55. The summed E-state index contributed by atoms with van der Waals surface area (Å²) in [4.78, 5) is 22.2. The molecular weight excluding hydrogens is 302 g/mol. The predicted molar refractivity (Wildman–Crippen MR) is 62.5 cm³/mol. The first-order chi connectivity index (χ1) is 8.86. The smallest absolute Gasteiger partial charge is 0.462 e. The van der Waals surface area contributed by atoms with Gasteiger partial charge in [-0.2, -0.15) is 17.2 Å². The van der Waals surface area contributed by atoms with Crippen molar-refractivity contribution < 1.29 is 40.8 Å². The molecule has 0 amide bonds. The Balaban J connectivity index is 4.29. The second kappa shape index (κ2) is 6.44. The van der Waals surface area contributed by atoms with Gasteiger partial charge in [-0.3, -0.25) is 9.35 Å². The van der Waals surface area contributed by atoms with E-state index in [0.717, 1.165) is 0 Å². The molecule has 0 aliphatic carbocycles. The summed E-state index contributed by atoms with van der Waals surface area (Å²) >= 11 is 0. The van der Waals surface area contributed by atoms with E-state index in [-0.39, 0.29) is 0 Å². The van der Waals surface area contributed by atoms with E-state index < -0.39 is 45.9 Å². The molecule has 0 saturated heterocycles. The molecule has 0 fully saturated rings. The minimum Gasteiger partial charge on any atom is -0.462 e. The second-order valence-corrected chi connectivity index (χ2v) is 5.96. The number of hydrogen-bond donors (Lipinski definition) is 1. The number of halogens is 2. The highest BCUT2D eigenvalue weighted by atomic mass is 32.2. The van der Waals surface area contributed by atoms with Crippen molar-refractivity contribution in [3.8, 4) is 0 Å². The van der Waals surface area contributed by atoms with Crippen molar-refractivity contribution in [1.82, 2.24) is 0 Å². The van der Waals surface area contributed by atoms with E-state index in [0.29, 0.717) is 6.42 Å². The molecule has 10 heteroatoms. The standard InChI is InChI=1S/C10H16F2O7S/c1-4-9(2,3)7(13)18-5-6-19-8(14)10(11,12)20(15,16)17/h4-6H2,1-3H3,(H,15,16,17). The molecule has 0 saturated carbocycles. The van der Waals surface area contributed by atoms with Crippen molar-refractivity contribution in [2.24, 2.45) is 5.41 Å². The lowest BCUT2D eigenvalue weighted by atomic mass is 9.91. The van der Waals surface area contributed by atoms with Crippen molar-refractivity contribution in [3.05, 3.63) is 0 Å². The molecule has 7 nitrogen and oxygen atoms in total. The van der Waals surface area contributed by atoms with Crippen LogP contribution in [-0.4, -0.2) is 43.4 Å². The molecule has 0 aliphatic rings. The van der Waals surface area contributed by atoms with Crippen LogP contribution in [0.3, 0.4) is 0 Å². The van der Waals surface area contributed by atoms with Crippen molar-refractivity contribution in [1.29, 1.82) is 0 Å². The summed E-state index contributed by atoms with van der Waals surface area (Å²) in [5.41, 5.74) is -0.775. The van der Waals surface area contributed by atoms with Crippen LogP contribution in [-0.2, 0) is 29.2 Å². The highest BCUT2D eigenvalue weighted by molar-refractivity contribution is 7.87. The fraction of sp³-hybridized carbons (Fsp3) is 0.800. The van der Waals surface area contributed by atoms with Gasteiger partial charge in [-0.05, 0) is 20.3 Å². The number of carbonyl (C=O) groups is 2. The quantitative estimate of drug-likeness (QED) is 0.424. The maximum atomic E-state index is 12.7. The molecule has 0 spiro atoms. The third-order valence-corrected chi connectivity index (χ3v) is 3.36. The Bertz CT molecular complexity index is 470. The summed E-state index contributed by atoms with van der Waals surface area (Å²) in [7, 11) is -5.90. The van der Waals surface area contributed by atoms with Gasteiger partial charge in [0.05, 0.1) is 5.41 Å². The Morgan fingerprint density at radius 1 is 1.10 bits per heavy atom. The van der Waals surface area contributed by atoms with Crippen LogP contribution in [0.5, 0.6) is 0 Å². The van der Waals surface area contributed by atoms with Gasteiger partial charge in [0, 0.05) is 0 Å². The molecule has 20 heavy (non-hydrogen) atoms. The largest absolute Gasteiger partial charge is 0.465 e. The topological polar surface area (TPSA) is 107 Å². The minimum absolute atomic E-state index is 0.479. The molecule has 0 atom stereocenters. The van der Waals surface area contributed by atoms with Crippen molar-refractivity contribution in [3.63, 3.8) is 0 Å². The van der Waals surface area contributed by atoms with Gasteiger partial charge in [-0.1, -0.05) is 6.92 Å². The maximum absolute atomic E-state index is 12.7. The molecule has 118 valence electrons. The number of carbonyl (C=O) groups excluding carboxylic acids is 2. The van der Waals surface area contributed by atoms with Gasteiger partial charge in [-0.15, -0.1) is 0 Å². The zero-order chi connectivity index (χ0) is 16.2. The summed E-state index contributed by atoms with van der Waals surface area (Å²) in [6.07, 6.45) is 0.479. The fourth-order valence-electron chi connectivity index (χ4n) is 0.798. The number of hydrogen-bond acceptors (Lipinski definition) is 6. The van der Waals surface area contributed by atoms with Gasteiger partial charge in [0.15, 0.2) is 0 Å². The predicted octanol–water partition coefficient (Wildman–Crippen LogP) is 0.990. The first-order valence-electron chi connectivity index (χ1n) is 5.55. The van der Waals surface area contributed by atoms with E-state index in [2.05, 4.69) is 9.47 Å². The summed E-state index contributed by atoms with van der Waals surface area (Å²) in [6, 6.07) is 0. The molecule has 0 heterocycles. The van der Waals surface area contributed by atoms with Crippen molar-refractivity contribution in [2.75, 3.05) is 13.2 Å². The highest BCUT2D eigenvalue weighted by Crippen LogP contribution is 2.23. The molecule has 0 aliphatic heterocycles. The maximum Gasteiger partial charge on any atom is 0.465 e. The van der Waals surface area contributed by atoms with Gasteiger partial charge >= 0.3 is 27.3 Å². The SMILES string of the molecule is CCC(C)(C)C(=O)OCCOC(=O)C(F)(F)S(=O)(=O)O. The summed E-state index contributed by atoms with van der Waals surface area (Å²) in [5.74, 6) is -3.05. The summed E-state index contributed by atoms with van der Waals surface area (Å²) < 4.78 is 62.7. The lowest BCUT2D eigenvalue weighted by Gasteiger charge is -2.20. The normalized spacial score (nSPS) is 12.9. The van der Waals surface area contributed by atoms with E-state index >= 15 is 0 Å². The highest BCUT2D eigenvalue weighted by Gasteiger charge is 2.54. The zero-order valence-corrected chi connectivity index (χ0v) is 12.0. The van der Waals surface area contributed by atoms with Gasteiger partial charge in [-0.25, -0.2) is 4.79 Å². The average molecular weight is 318 g/mol. The van der Waals surface area contributed by atoms with Crippen LogP contribution in [0.15, 0.2) is 0 Å². The summed E-state index contributed by atoms with van der Waals surface area (Å²) in [6.45, 7) is 3.70. The van der Waals surface area contributed by atoms with Crippen LogP contribution in [0, 0.1) is 5.41 Å². The lowest BCUT2D eigenvalue weighted by molar-refractivity contribution is -0.167. The van der Waals surface area contributed by atoms with Crippen LogP contribution in [0.2, 0.25) is 0 Å². The van der Waals surface area contributed by atoms with Crippen LogP contribution < -0.4 is 0 Å². The van der Waals surface area contributed by atoms with Crippen LogP contribution in [0.25, 0.3) is 0 Å². The zero-order valence-electron chi connectivity index (χ0n) is 11.2. The molecule has 0 radical (unpaired) electrons. The Morgan fingerprint density at radius 2 is 1.50 bits per heavy atom. The van der Waals surface area contributed by atoms with Gasteiger partial charge in [0.2, 0.25) is 0 Å². The monoisotopic (exact) mass is 318 g/mol. The number of esters is 2. The Hall–Kier alpha value is -1.29. The molecule has 1 N–H and O–H groups in total. The van der Waals surface area contributed by atoms with Gasteiger partial charge < -0.3 is 9.47 Å². The molecular formula is C10H16F2O7S. The van der Waals surface area contributed by atoms with Crippen LogP contribution >= 0.6 is 0 Å². The van der Waals surface area contributed by atoms with E-state index in [1.807, 2.05) is 0 Å². The lowest BCUT2D eigenvalue weighted by Crippen LogP contribution is -2.39. The summed E-state index contributed by atoms with van der Waals surface area (Å²) in [5, 5.41) is -5.06. The van der Waals surface area contributed by atoms with E-state index in [1.54, 1.807) is 20.8 Å². The molecule has 0 rings (SSSR count). The van der Waals surface area contributed by atoms with E-state index in [1.165, 1.54) is 0 Å². The number of ether oxygens (including phenoxy) is 2. The Kier molecular flexibility index (Phi) is 6.02. The first-order valence-corrected chi connectivity index (χ1v) is 6.99. The second-order valence-electron chi connectivity index (χ2n) is 4.50. The average Bonchev–Trinajstić information content (AvgIpc) is 2.32. The first kappa shape index (κ1) is 18.7.